The van der Waals surface area contributed by atoms with Crippen LogP contribution in [-0.2, 0) is 4.74 Å². The van der Waals surface area contributed by atoms with Gasteiger partial charge in [0, 0.05) is 30.4 Å². The van der Waals surface area contributed by atoms with Gasteiger partial charge in [0.25, 0.3) is 0 Å². The second kappa shape index (κ2) is 6.56. The minimum Gasteiger partial charge on any atom is -0.444 e. The van der Waals surface area contributed by atoms with E-state index in [1.165, 1.54) is 25.7 Å². The van der Waals surface area contributed by atoms with E-state index in [2.05, 4.69) is 11.6 Å². The molecule has 0 aromatic rings. The lowest BCUT2D eigenvalue weighted by Gasteiger charge is -2.43. The van der Waals surface area contributed by atoms with Gasteiger partial charge in [0.15, 0.2) is 0 Å². The summed E-state index contributed by atoms with van der Waals surface area (Å²) in [6, 6.07) is 1.06. The van der Waals surface area contributed by atoms with E-state index in [0.29, 0.717) is 12.1 Å². The molecule has 2 atom stereocenters. The molecule has 4 nitrogen and oxygen atoms in total. The molecule has 0 radical (unpaired) electrons. The van der Waals surface area contributed by atoms with E-state index in [-0.39, 0.29) is 6.09 Å². The first-order valence-corrected chi connectivity index (χ1v) is 8.94. The number of carbonyl (C=O) groups is 1. The van der Waals surface area contributed by atoms with Crippen LogP contribution in [0.5, 0.6) is 0 Å². The molecule has 1 amide bonds. The number of ether oxygens (including phenoxy) is 1. The maximum Gasteiger partial charge on any atom is 0.410 e. The highest BCUT2D eigenvalue weighted by molar-refractivity contribution is 7.99. The van der Waals surface area contributed by atoms with Crippen LogP contribution >= 0.6 is 11.8 Å². The van der Waals surface area contributed by atoms with Crippen molar-refractivity contribution in [3.63, 3.8) is 0 Å². The summed E-state index contributed by atoms with van der Waals surface area (Å²) >= 11 is 1.98. The van der Waals surface area contributed by atoms with Gasteiger partial charge in [-0.1, -0.05) is 12.8 Å². The smallest absolute Gasteiger partial charge is 0.410 e. The molecular weight excluding hydrogens is 272 g/mol. The number of nitrogens with zero attached hydrogens (tertiary/aromatic N) is 1. The molecule has 0 bridgehead atoms. The molecular formula is C15H28N2O2S. The van der Waals surface area contributed by atoms with E-state index in [9.17, 15) is 4.79 Å². The number of likely N-dealkylation sites (tertiary alicyclic amines) is 1. The molecule has 1 saturated heterocycles. The first-order chi connectivity index (χ1) is 9.39. The minimum atomic E-state index is -0.400. The van der Waals surface area contributed by atoms with Crippen molar-refractivity contribution in [3.8, 4) is 0 Å². The van der Waals surface area contributed by atoms with Gasteiger partial charge in [-0.3, -0.25) is 0 Å². The third-order valence-electron chi connectivity index (χ3n) is 3.99. The number of thioether (sulfide) groups is 1. The van der Waals surface area contributed by atoms with Gasteiger partial charge in [0.1, 0.15) is 5.60 Å². The Morgan fingerprint density at radius 3 is 2.50 bits per heavy atom. The molecule has 0 spiro atoms. The Balaban J connectivity index is 1.72. The number of amides is 1. The monoisotopic (exact) mass is 300 g/mol. The third-order valence-corrected chi connectivity index (χ3v) is 5.16. The predicted molar refractivity (Wildman–Crippen MR) is 84.3 cm³/mol. The molecule has 0 aromatic carbocycles. The van der Waals surface area contributed by atoms with Gasteiger partial charge in [-0.15, -0.1) is 0 Å². The van der Waals surface area contributed by atoms with Crippen molar-refractivity contribution in [3.05, 3.63) is 0 Å². The Bertz CT molecular complexity index is 337. The van der Waals surface area contributed by atoms with Crippen LogP contribution in [0.3, 0.4) is 0 Å². The highest BCUT2D eigenvalue weighted by Gasteiger charge is 2.36. The zero-order chi connectivity index (χ0) is 14.8. The van der Waals surface area contributed by atoms with E-state index in [1.54, 1.807) is 4.90 Å². The zero-order valence-electron chi connectivity index (χ0n) is 13.1. The number of hydrogen-bond acceptors (Lipinski definition) is 4. The van der Waals surface area contributed by atoms with E-state index < -0.39 is 5.60 Å². The predicted octanol–water partition coefficient (Wildman–Crippen LogP) is 2.87. The normalized spacial score (nSPS) is 28.1. The molecule has 1 saturated carbocycles. The van der Waals surface area contributed by atoms with Crippen LogP contribution in [0.4, 0.5) is 4.79 Å². The second-order valence-electron chi connectivity index (χ2n) is 6.91. The molecule has 2 rings (SSSR count). The highest BCUT2D eigenvalue weighted by Crippen LogP contribution is 2.28. The lowest BCUT2D eigenvalue weighted by molar-refractivity contribution is 0.00378. The second-order valence-corrected chi connectivity index (χ2v) is 7.99. The lowest BCUT2D eigenvalue weighted by atomic mass is 9.93. The van der Waals surface area contributed by atoms with Crippen LogP contribution in [0.25, 0.3) is 0 Å². The zero-order valence-corrected chi connectivity index (χ0v) is 14.0. The first-order valence-electron chi connectivity index (χ1n) is 7.66. The molecule has 116 valence electrons. The van der Waals surface area contributed by atoms with E-state index in [4.69, 9.17) is 4.74 Å². The summed E-state index contributed by atoms with van der Waals surface area (Å²) in [5, 5.41) is 4.47. The molecule has 2 fully saturated rings. The van der Waals surface area contributed by atoms with Gasteiger partial charge in [-0.2, -0.15) is 11.8 Å². The fourth-order valence-corrected chi connectivity index (χ4v) is 3.88. The number of carbonyl (C=O) groups excluding carboxylic acids is 1. The lowest BCUT2D eigenvalue weighted by Crippen LogP contribution is -2.63. The van der Waals surface area contributed by atoms with Crippen molar-refractivity contribution in [2.45, 2.75) is 69.4 Å². The Morgan fingerprint density at radius 1 is 1.25 bits per heavy atom. The van der Waals surface area contributed by atoms with Crippen LogP contribution in [0, 0.1) is 0 Å². The Kier molecular flexibility index (Phi) is 5.24. The summed E-state index contributed by atoms with van der Waals surface area (Å²) in [6.07, 6.45) is 7.31. The fraction of sp³-hybridized carbons (Fsp3) is 0.933. The molecule has 1 heterocycles. The van der Waals surface area contributed by atoms with E-state index in [1.807, 2.05) is 32.5 Å². The first kappa shape index (κ1) is 16.0. The van der Waals surface area contributed by atoms with Gasteiger partial charge in [0.05, 0.1) is 0 Å². The summed E-state index contributed by atoms with van der Waals surface area (Å²) < 4.78 is 5.38. The maximum absolute atomic E-state index is 11.9. The van der Waals surface area contributed by atoms with Crippen LogP contribution in [0.1, 0.15) is 46.5 Å². The van der Waals surface area contributed by atoms with Crippen LogP contribution in [0.15, 0.2) is 0 Å². The summed E-state index contributed by atoms with van der Waals surface area (Å²) in [6.45, 7) is 7.29. The van der Waals surface area contributed by atoms with Crippen LogP contribution < -0.4 is 5.32 Å². The van der Waals surface area contributed by atoms with Crippen molar-refractivity contribution >= 4 is 17.9 Å². The summed E-state index contributed by atoms with van der Waals surface area (Å²) in [5.74, 6) is 0. The standard InChI is InChI=1S/C15H28N2O2S/c1-15(2,3)19-14(18)17-9-11(10-17)16-12-7-5-6-8-13(12)20-4/h11-13,16H,5-10H2,1-4H3. The molecule has 1 aliphatic heterocycles. The molecule has 5 heteroatoms. The summed E-state index contributed by atoms with van der Waals surface area (Å²) in [7, 11) is 0. The molecule has 20 heavy (non-hydrogen) atoms. The maximum atomic E-state index is 11.9. The summed E-state index contributed by atoms with van der Waals surface area (Å²) in [5.41, 5.74) is -0.400. The highest BCUT2D eigenvalue weighted by atomic mass is 32.2. The van der Waals surface area contributed by atoms with E-state index >= 15 is 0 Å². The topological polar surface area (TPSA) is 41.6 Å². The molecule has 1 aliphatic carbocycles. The van der Waals surface area contributed by atoms with E-state index in [0.717, 1.165) is 18.3 Å². The Labute approximate surface area is 127 Å². The molecule has 1 N–H and O–H groups in total. The Morgan fingerprint density at radius 2 is 1.90 bits per heavy atom. The van der Waals surface area contributed by atoms with Gasteiger partial charge in [0.2, 0.25) is 0 Å². The van der Waals surface area contributed by atoms with Crippen molar-refractivity contribution in [2.24, 2.45) is 0 Å². The molecule has 0 aromatic heterocycles. The SMILES string of the molecule is CSC1CCCCC1NC1CN(C(=O)OC(C)(C)C)C1. The van der Waals surface area contributed by atoms with Crippen molar-refractivity contribution in [2.75, 3.05) is 19.3 Å². The molecule has 2 aliphatic rings. The summed E-state index contributed by atoms with van der Waals surface area (Å²) in [4.78, 5) is 13.7. The average Bonchev–Trinajstić information content (AvgIpc) is 2.31. The average molecular weight is 300 g/mol. The minimum absolute atomic E-state index is 0.180. The fourth-order valence-electron chi connectivity index (χ4n) is 2.93. The number of nitrogens with one attached hydrogen (secondary N) is 1. The largest absolute Gasteiger partial charge is 0.444 e. The van der Waals surface area contributed by atoms with Crippen LogP contribution in [-0.4, -0.2) is 53.3 Å². The van der Waals surface area contributed by atoms with Crippen molar-refractivity contribution in [1.29, 1.82) is 0 Å². The van der Waals surface area contributed by atoms with Crippen LogP contribution in [0.2, 0.25) is 0 Å². The quantitative estimate of drug-likeness (QED) is 0.870. The number of rotatable bonds is 3. The van der Waals surface area contributed by atoms with Gasteiger partial charge in [-0.25, -0.2) is 4.79 Å². The number of hydrogen-bond donors (Lipinski definition) is 1. The third kappa shape index (κ3) is 4.29. The van der Waals surface area contributed by atoms with Gasteiger partial charge < -0.3 is 15.0 Å². The molecule has 2 unspecified atom stereocenters. The van der Waals surface area contributed by atoms with Crippen molar-refractivity contribution in [1.82, 2.24) is 10.2 Å². The van der Waals surface area contributed by atoms with Gasteiger partial charge >= 0.3 is 6.09 Å². The Hall–Kier alpha value is -0.420. The van der Waals surface area contributed by atoms with Crippen molar-refractivity contribution < 1.29 is 9.53 Å². The van der Waals surface area contributed by atoms with Gasteiger partial charge in [-0.05, 0) is 39.9 Å².